The van der Waals surface area contributed by atoms with Crippen LogP contribution in [0.3, 0.4) is 0 Å². The van der Waals surface area contributed by atoms with Crippen LogP contribution in [0.15, 0.2) is 59.1 Å². The molecular weight excluding hydrogens is 489 g/mol. The van der Waals surface area contributed by atoms with Crippen molar-refractivity contribution in [1.29, 1.82) is 0 Å². The van der Waals surface area contributed by atoms with E-state index >= 15 is 0 Å². The van der Waals surface area contributed by atoms with Crippen LogP contribution in [0.25, 0.3) is 0 Å². The number of halogens is 1. The Morgan fingerprint density at radius 2 is 1.92 bits per heavy atom. The third-order valence-corrected chi connectivity index (χ3v) is 6.69. The van der Waals surface area contributed by atoms with Gasteiger partial charge < -0.3 is 23.5 Å². The Morgan fingerprint density at radius 3 is 2.68 bits per heavy atom. The third-order valence-electron chi connectivity index (χ3n) is 6.69. The van der Waals surface area contributed by atoms with Crippen molar-refractivity contribution >= 4 is 17.8 Å². The molecule has 0 spiro atoms. The Morgan fingerprint density at radius 1 is 1.11 bits per heavy atom. The topological polar surface area (TPSA) is 85.0 Å². The van der Waals surface area contributed by atoms with Gasteiger partial charge in [0.25, 0.3) is 11.8 Å². The summed E-state index contributed by atoms with van der Waals surface area (Å²) in [6.45, 7) is 6.11. The molecule has 38 heavy (non-hydrogen) atoms. The number of ether oxygens (including phenoxy) is 1. The fourth-order valence-corrected chi connectivity index (χ4v) is 4.79. The van der Waals surface area contributed by atoms with Crippen molar-refractivity contribution in [3.63, 3.8) is 0 Å². The molecule has 1 fully saturated rings. The zero-order valence-electron chi connectivity index (χ0n) is 21.9. The number of esters is 1. The van der Waals surface area contributed by atoms with E-state index < -0.39 is 5.82 Å². The van der Waals surface area contributed by atoms with Gasteiger partial charge in [0.15, 0.2) is 5.76 Å². The molecule has 4 rings (SSSR count). The van der Waals surface area contributed by atoms with Crippen molar-refractivity contribution in [1.82, 2.24) is 14.4 Å². The number of piperidine rings is 1. The maximum atomic E-state index is 14.3. The molecule has 3 aromatic rings. The van der Waals surface area contributed by atoms with Crippen molar-refractivity contribution < 1.29 is 27.9 Å². The number of likely N-dealkylation sites (tertiary alicyclic amines) is 1. The summed E-state index contributed by atoms with van der Waals surface area (Å²) in [5, 5.41) is 0. The lowest BCUT2D eigenvalue weighted by molar-refractivity contribution is -0.149. The van der Waals surface area contributed by atoms with Gasteiger partial charge in [-0.15, -0.1) is 0 Å². The summed E-state index contributed by atoms with van der Waals surface area (Å²) in [5.41, 5.74) is 0.914. The van der Waals surface area contributed by atoms with Crippen molar-refractivity contribution in [3.05, 3.63) is 83.3 Å². The van der Waals surface area contributed by atoms with Crippen LogP contribution in [0.2, 0.25) is 0 Å². The molecular formula is C29H34FN3O5. The Balaban J connectivity index is 1.43. The SMILES string of the molecule is CCCN(Cc1cccn1Cc1ccc(C(=O)N2CCCC(C(=O)OCC)C2)o1)C(=O)c1ccccc1F. The van der Waals surface area contributed by atoms with Crippen molar-refractivity contribution in [2.24, 2.45) is 5.92 Å². The van der Waals surface area contributed by atoms with Crippen LogP contribution >= 0.6 is 0 Å². The number of rotatable bonds is 10. The molecule has 9 heteroatoms. The quantitative estimate of drug-likeness (QED) is 0.359. The van der Waals surface area contributed by atoms with Gasteiger partial charge in [0, 0.05) is 31.5 Å². The lowest BCUT2D eigenvalue weighted by Crippen LogP contribution is -2.42. The van der Waals surface area contributed by atoms with E-state index in [2.05, 4.69) is 0 Å². The largest absolute Gasteiger partial charge is 0.466 e. The third kappa shape index (κ3) is 6.33. The average molecular weight is 524 g/mol. The predicted octanol–water partition coefficient (Wildman–Crippen LogP) is 4.74. The second-order valence-electron chi connectivity index (χ2n) is 9.44. The van der Waals surface area contributed by atoms with Gasteiger partial charge in [0.05, 0.1) is 31.2 Å². The summed E-state index contributed by atoms with van der Waals surface area (Å²) < 4.78 is 27.2. The lowest BCUT2D eigenvalue weighted by atomic mass is 9.98. The van der Waals surface area contributed by atoms with E-state index in [1.807, 2.05) is 29.8 Å². The molecule has 0 N–H and O–H groups in total. The van der Waals surface area contributed by atoms with Crippen LogP contribution in [0.4, 0.5) is 4.39 Å². The predicted molar refractivity (Wildman–Crippen MR) is 139 cm³/mol. The van der Waals surface area contributed by atoms with Gasteiger partial charge in [0.2, 0.25) is 0 Å². The highest BCUT2D eigenvalue weighted by molar-refractivity contribution is 5.94. The van der Waals surface area contributed by atoms with Gasteiger partial charge in [-0.3, -0.25) is 14.4 Å². The fourth-order valence-electron chi connectivity index (χ4n) is 4.79. The number of amides is 2. The van der Waals surface area contributed by atoms with E-state index in [1.54, 1.807) is 41.0 Å². The number of furan rings is 1. The first-order valence-electron chi connectivity index (χ1n) is 13.1. The Hall–Kier alpha value is -3.88. The van der Waals surface area contributed by atoms with Crippen molar-refractivity contribution in [3.8, 4) is 0 Å². The average Bonchev–Trinajstić information content (AvgIpc) is 3.58. The second kappa shape index (κ2) is 12.6. The lowest BCUT2D eigenvalue weighted by Gasteiger charge is -2.30. The van der Waals surface area contributed by atoms with E-state index in [-0.39, 0.29) is 35.0 Å². The van der Waals surface area contributed by atoms with E-state index in [4.69, 9.17) is 9.15 Å². The minimum absolute atomic E-state index is 0.0520. The van der Waals surface area contributed by atoms with Crippen molar-refractivity contribution in [2.75, 3.05) is 26.2 Å². The first-order chi connectivity index (χ1) is 18.4. The number of carbonyl (C=O) groups excluding carboxylic acids is 3. The van der Waals surface area contributed by atoms with Gasteiger partial charge in [-0.05, 0) is 62.6 Å². The molecule has 1 aromatic carbocycles. The monoisotopic (exact) mass is 523 g/mol. The molecule has 3 heterocycles. The summed E-state index contributed by atoms with van der Waals surface area (Å²) in [6.07, 6.45) is 4.05. The van der Waals surface area contributed by atoms with Crippen LogP contribution < -0.4 is 0 Å². The van der Waals surface area contributed by atoms with Crippen LogP contribution in [-0.2, 0) is 22.6 Å². The zero-order chi connectivity index (χ0) is 27.1. The molecule has 2 amide bonds. The molecule has 2 aromatic heterocycles. The summed E-state index contributed by atoms with van der Waals surface area (Å²) >= 11 is 0. The molecule has 1 unspecified atom stereocenters. The van der Waals surface area contributed by atoms with Gasteiger partial charge in [-0.2, -0.15) is 0 Å². The Labute approximate surface area is 222 Å². The smallest absolute Gasteiger partial charge is 0.310 e. The van der Waals surface area contributed by atoms with Crippen LogP contribution in [0.1, 0.15) is 65.5 Å². The number of carbonyl (C=O) groups is 3. The first kappa shape index (κ1) is 27.2. The van der Waals surface area contributed by atoms with Crippen LogP contribution in [-0.4, -0.2) is 58.4 Å². The molecule has 1 aliphatic rings. The molecule has 1 saturated heterocycles. The Kier molecular flexibility index (Phi) is 8.99. The molecule has 0 bridgehead atoms. The Bertz CT molecular complexity index is 1270. The molecule has 202 valence electrons. The maximum absolute atomic E-state index is 14.3. The normalized spacial score (nSPS) is 15.3. The van der Waals surface area contributed by atoms with E-state index in [0.717, 1.165) is 18.5 Å². The minimum atomic E-state index is -0.538. The highest BCUT2D eigenvalue weighted by Crippen LogP contribution is 2.22. The minimum Gasteiger partial charge on any atom is -0.466 e. The molecule has 8 nitrogen and oxygen atoms in total. The number of nitrogens with zero attached hydrogens (tertiary/aromatic N) is 3. The van der Waals surface area contributed by atoms with Gasteiger partial charge in [0.1, 0.15) is 11.6 Å². The second-order valence-corrected chi connectivity index (χ2v) is 9.44. The maximum Gasteiger partial charge on any atom is 0.310 e. The molecule has 1 aliphatic heterocycles. The number of hydrogen-bond donors (Lipinski definition) is 0. The van der Waals surface area contributed by atoms with Gasteiger partial charge >= 0.3 is 5.97 Å². The van der Waals surface area contributed by atoms with E-state index in [1.165, 1.54) is 12.1 Å². The van der Waals surface area contributed by atoms with Gasteiger partial charge in [-0.25, -0.2) is 4.39 Å². The number of aromatic nitrogens is 1. The standard InChI is InChI=1S/C29H34FN3O5/c1-3-15-32(27(34)24-11-5-6-12-25(24)30)19-22-10-8-16-31(22)20-23-13-14-26(38-23)28(35)33-17-7-9-21(18-33)29(36)37-4-2/h5-6,8,10-14,16,21H,3-4,7,9,15,17-20H2,1-2H3. The van der Waals surface area contributed by atoms with Crippen LogP contribution in [0, 0.1) is 11.7 Å². The van der Waals surface area contributed by atoms with Crippen LogP contribution in [0.5, 0.6) is 0 Å². The van der Waals surface area contributed by atoms with E-state index in [9.17, 15) is 18.8 Å². The number of benzene rings is 1. The summed E-state index contributed by atoms with van der Waals surface area (Å²) in [4.78, 5) is 41.6. The van der Waals surface area contributed by atoms with Crippen molar-refractivity contribution in [2.45, 2.75) is 46.2 Å². The van der Waals surface area contributed by atoms with E-state index in [0.29, 0.717) is 51.5 Å². The highest BCUT2D eigenvalue weighted by Gasteiger charge is 2.31. The summed E-state index contributed by atoms with van der Waals surface area (Å²) in [5.74, 6) is -0.913. The molecule has 0 radical (unpaired) electrons. The molecule has 1 atom stereocenters. The molecule has 0 aliphatic carbocycles. The fraction of sp³-hybridized carbons (Fsp3) is 0.414. The summed E-state index contributed by atoms with van der Waals surface area (Å²) in [7, 11) is 0. The number of hydrogen-bond acceptors (Lipinski definition) is 5. The molecule has 0 saturated carbocycles. The summed E-state index contributed by atoms with van der Waals surface area (Å²) in [6, 6.07) is 13.2. The van der Waals surface area contributed by atoms with Gasteiger partial charge in [-0.1, -0.05) is 19.1 Å². The first-order valence-corrected chi connectivity index (χ1v) is 13.1. The zero-order valence-corrected chi connectivity index (χ0v) is 21.9. The highest BCUT2D eigenvalue weighted by atomic mass is 19.1.